The molecule has 0 aromatic heterocycles. The lowest BCUT2D eigenvalue weighted by Gasteiger charge is -2.28. The third-order valence-electron chi connectivity index (χ3n) is 4.59. The van der Waals surface area contributed by atoms with E-state index in [9.17, 15) is 9.59 Å². The number of benzene rings is 1. The smallest absolute Gasteiger partial charge is 0.334 e. The van der Waals surface area contributed by atoms with Gasteiger partial charge < -0.3 is 19.6 Å². The monoisotopic (exact) mass is 376 g/mol. The first-order chi connectivity index (χ1) is 12.7. The summed E-state index contributed by atoms with van der Waals surface area (Å²) in [5.41, 5.74) is 1.61. The summed E-state index contributed by atoms with van der Waals surface area (Å²) in [5, 5.41) is 8.90. The molecule has 6 heteroatoms. The molecule has 0 fully saturated rings. The van der Waals surface area contributed by atoms with E-state index >= 15 is 0 Å². The Morgan fingerprint density at radius 2 is 1.85 bits per heavy atom. The summed E-state index contributed by atoms with van der Waals surface area (Å²) in [6, 6.07) is 4.94. The van der Waals surface area contributed by atoms with Crippen molar-refractivity contribution in [1.29, 1.82) is 0 Å². The van der Waals surface area contributed by atoms with Crippen LogP contribution >= 0.6 is 0 Å². The number of fused-ring (bicyclic) bond motifs is 1. The lowest BCUT2D eigenvalue weighted by molar-refractivity contribution is -0.160. The summed E-state index contributed by atoms with van der Waals surface area (Å²) in [7, 11) is 3.84. The Morgan fingerprint density at radius 3 is 2.44 bits per heavy atom. The average molecular weight is 376 g/mol. The molecule has 0 saturated heterocycles. The molecule has 1 amide bonds. The van der Waals surface area contributed by atoms with Gasteiger partial charge in [-0.15, -0.1) is 0 Å². The Morgan fingerprint density at radius 1 is 1.19 bits per heavy atom. The van der Waals surface area contributed by atoms with Gasteiger partial charge >= 0.3 is 5.97 Å². The zero-order chi connectivity index (χ0) is 20.2. The molecule has 1 aliphatic rings. The Hall–Kier alpha value is -2.08. The Kier molecular flexibility index (Phi) is 6.87. The number of aliphatic hydroxyl groups is 1. The van der Waals surface area contributed by atoms with Crippen molar-refractivity contribution in [3.05, 3.63) is 29.3 Å². The highest BCUT2D eigenvalue weighted by Gasteiger charge is 2.43. The third kappa shape index (κ3) is 5.22. The molecule has 1 aromatic rings. The summed E-state index contributed by atoms with van der Waals surface area (Å²) >= 11 is 0. The first-order valence-corrected chi connectivity index (χ1v) is 9.61. The summed E-state index contributed by atoms with van der Waals surface area (Å²) in [6.07, 6.45) is 3.37. The minimum Gasteiger partial charge on any atom is -0.458 e. The number of anilines is 1. The fourth-order valence-corrected chi connectivity index (χ4v) is 3.28. The second-order valence-electron chi connectivity index (χ2n) is 8.24. The molecule has 150 valence electrons. The van der Waals surface area contributed by atoms with Crippen molar-refractivity contribution in [3.8, 4) is 0 Å². The molecule has 1 atom stereocenters. The van der Waals surface area contributed by atoms with Crippen LogP contribution in [0, 0.1) is 0 Å². The van der Waals surface area contributed by atoms with E-state index in [1.807, 2.05) is 58.0 Å². The Bertz CT molecular complexity index is 679. The van der Waals surface area contributed by atoms with Crippen molar-refractivity contribution in [1.82, 2.24) is 4.90 Å². The van der Waals surface area contributed by atoms with Gasteiger partial charge in [0, 0.05) is 38.5 Å². The number of ether oxygens (including phenoxy) is 1. The molecule has 1 aliphatic heterocycles. The molecule has 0 saturated carbocycles. The highest BCUT2D eigenvalue weighted by atomic mass is 16.6. The van der Waals surface area contributed by atoms with E-state index in [2.05, 4.69) is 0 Å². The van der Waals surface area contributed by atoms with Gasteiger partial charge in [-0.3, -0.25) is 4.79 Å². The molecular weight excluding hydrogens is 344 g/mol. The van der Waals surface area contributed by atoms with Crippen LogP contribution in [0.1, 0.15) is 68.4 Å². The minimum absolute atomic E-state index is 0.119. The zero-order valence-electron chi connectivity index (χ0n) is 17.1. The van der Waals surface area contributed by atoms with Gasteiger partial charge in [0.15, 0.2) is 6.04 Å². The fraction of sp³-hybridized carbons (Fsp3) is 0.619. The number of unbranched alkanes of at least 4 members (excludes halogenated alkanes) is 3. The van der Waals surface area contributed by atoms with E-state index in [4.69, 9.17) is 9.84 Å². The van der Waals surface area contributed by atoms with E-state index in [1.165, 1.54) is 0 Å². The van der Waals surface area contributed by atoms with Crippen molar-refractivity contribution in [2.75, 3.05) is 32.1 Å². The third-order valence-corrected chi connectivity index (χ3v) is 4.59. The molecule has 0 radical (unpaired) electrons. The molecule has 0 bridgehead atoms. The number of hydrogen-bond acceptors (Lipinski definition) is 5. The van der Waals surface area contributed by atoms with Crippen LogP contribution < -0.4 is 4.90 Å². The van der Waals surface area contributed by atoms with Crippen molar-refractivity contribution < 1.29 is 19.4 Å². The SMILES string of the molecule is CN(C)c1ccc2c(c1)C(=O)N(CCCCCCO)C2C(=O)OC(C)(C)C. The first kappa shape index (κ1) is 21.2. The van der Waals surface area contributed by atoms with Crippen LogP contribution in [0.5, 0.6) is 0 Å². The van der Waals surface area contributed by atoms with Gasteiger partial charge in [-0.05, 0) is 51.3 Å². The zero-order valence-corrected chi connectivity index (χ0v) is 17.1. The maximum Gasteiger partial charge on any atom is 0.334 e. The molecule has 0 spiro atoms. The van der Waals surface area contributed by atoms with Crippen LogP contribution in [0.3, 0.4) is 0 Å². The molecule has 1 unspecified atom stereocenters. The van der Waals surface area contributed by atoms with Crippen LogP contribution in [-0.4, -0.2) is 54.7 Å². The lowest BCUT2D eigenvalue weighted by atomic mass is 10.0. The maximum atomic E-state index is 13.0. The van der Waals surface area contributed by atoms with Crippen LogP contribution in [0.15, 0.2) is 18.2 Å². The Labute approximate surface area is 162 Å². The molecule has 2 rings (SSSR count). The predicted octanol–water partition coefficient (Wildman–Crippen LogP) is 3.14. The first-order valence-electron chi connectivity index (χ1n) is 9.61. The molecule has 6 nitrogen and oxygen atoms in total. The normalized spacial score (nSPS) is 16.4. The van der Waals surface area contributed by atoms with Crippen molar-refractivity contribution in [2.24, 2.45) is 0 Å². The number of amides is 1. The summed E-state index contributed by atoms with van der Waals surface area (Å²) < 4.78 is 5.60. The van der Waals surface area contributed by atoms with Crippen LogP contribution in [0.4, 0.5) is 5.69 Å². The van der Waals surface area contributed by atoms with E-state index in [0.29, 0.717) is 12.1 Å². The van der Waals surface area contributed by atoms with Crippen LogP contribution in [0.2, 0.25) is 0 Å². The molecule has 0 aliphatic carbocycles. The number of carbonyl (C=O) groups excluding carboxylic acids is 2. The minimum atomic E-state index is -0.694. The second kappa shape index (κ2) is 8.74. The number of rotatable bonds is 8. The molecule has 1 N–H and O–H groups in total. The Balaban J connectivity index is 2.27. The number of hydrogen-bond donors (Lipinski definition) is 1. The van der Waals surface area contributed by atoms with Crippen molar-refractivity contribution in [2.45, 2.75) is 58.1 Å². The molecule has 1 heterocycles. The largest absolute Gasteiger partial charge is 0.458 e. The van der Waals surface area contributed by atoms with Gasteiger partial charge in [-0.25, -0.2) is 4.79 Å². The predicted molar refractivity (Wildman–Crippen MR) is 106 cm³/mol. The van der Waals surface area contributed by atoms with E-state index in [0.717, 1.165) is 36.9 Å². The molecule has 27 heavy (non-hydrogen) atoms. The summed E-state index contributed by atoms with van der Waals surface area (Å²) in [6.45, 7) is 6.17. The summed E-state index contributed by atoms with van der Waals surface area (Å²) in [4.78, 5) is 29.5. The number of carbonyl (C=O) groups is 2. The molecule has 1 aromatic carbocycles. The van der Waals surface area contributed by atoms with Gasteiger partial charge in [-0.1, -0.05) is 18.9 Å². The number of nitrogens with zero attached hydrogens (tertiary/aromatic N) is 2. The fourth-order valence-electron chi connectivity index (χ4n) is 3.28. The van der Waals surface area contributed by atoms with Crippen molar-refractivity contribution >= 4 is 17.6 Å². The van der Waals surface area contributed by atoms with E-state index in [1.54, 1.807) is 4.90 Å². The van der Waals surface area contributed by atoms with E-state index < -0.39 is 11.6 Å². The van der Waals surface area contributed by atoms with Gasteiger partial charge in [0.1, 0.15) is 5.60 Å². The highest BCUT2D eigenvalue weighted by Crippen LogP contribution is 2.37. The maximum absolute atomic E-state index is 13.0. The second-order valence-corrected chi connectivity index (χ2v) is 8.24. The van der Waals surface area contributed by atoms with Gasteiger partial charge in [0.2, 0.25) is 0 Å². The average Bonchev–Trinajstić information content (AvgIpc) is 2.85. The topological polar surface area (TPSA) is 70.1 Å². The number of esters is 1. The lowest BCUT2D eigenvalue weighted by Crippen LogP contribution is -2.37. The van der Waals surface area contributed by atoms with Gasteiger partial charge in [-0.2, -0.15) is 0 Å². The van der Waals surface area contributed by atoms with E-state index in [-0.39, 0.29) is 18.5 Å². The van der Waals surface area contributed by atoms with Crippen LogP contribution in [-0.2, 0) is 9.53 Å². The van der Waals surface area contributed by atoms with Gasteiger partial charge in [0.25, 0.3) is 5.91 Å². The number of aliphatic hydroxyl groups excluding tert-OH is 1. The highest BCUT2D eigenvalue weighted by molar-refractivity contribution is 6.04. The molecular formula is C21H32N2O4. The van der Waals surface area contributed by atoms with Gasteiger partial charge in [0.05, 0.1) is 0 Å². The van der Waals surface area contributed by atoms with Crippen LogP contribution in [0.25, 0.3) is 0 Å². The quantitative estimate of drug-likeness (QED) is 0.557. The summed E-state index contributed by atoms with van der Waals surface area (Å²) in [5.74, 6) is -0.505. The standard InChI is InChI=1S/C21H32N2O4/c1-21(2,3)27-20(26)18-16-11-10-15(22(4)5)14-17(16)19(25)23(18)12-8-6-7-9-13-24/h10-11,14,18,24H,6-9,12-13H2,1-5H3. The van der Waals surface area contributed by atoms with Crippen molar-refractivity contribution in [3.63, 3.8) is 0 Å².